The van der Waals surface area contributed by atoms with E-state index >= 15 is 0 Å². The Morgan fingerprint density at radius 1 is 1.33 bits per heavy atom. The lowest BCUT2D eigenvalue weighted by Crippen LogP contribution is -2.00. The fraction of sp³-hybridized carbons (Fsp3) is 0.444. The molecular formula is C9H13N3. The van der Waals surface area contributed by atoms with Gasteiger partial charge in [-0.3, -0.25) is 4.68 Å². The van der Waals surface area contributed by atoms with Crippen LogP contribution in [0, 0.1) is 0 Å². The Kier molecular flexibility index (Phi) is 1.46. The van der Waals surface area contributed by atoms with Gasteiger partial charge in [-0.2, -0.15) is 5.10 Å². The molecule has 0 bridgehead atoms. The van der Waals surface area contributed by atoms with Crippen LogP contribution >= 0.6 is 0 Å². The van der Waals surface area contributed by atoms with E-state index < -0.39 is 0 Å². The lowest BCUT2D eigenvalue weighted by molar-refractivity contribution is 0.551. The van der Waals surface area contributed by atoms with Crippen LogP contribution in [0.3, 0.4) is 0 Å². The normalized spacial score (nSPS) is 11.7. The highest BCUT2D eigenvalue weighted by Crippen LogP contribution is 2.17. The molecule has 0 aliphatic rings. The molecule has 3 nitrogen and oxygen atoms in total. The Morgan fingerprint density at radius 3 is 2.75 bits per heavy atom. The molecule has 0 radical (unpaired) electrons. The average Bonchev–Trinajstić information content (AvgIpc) is 2.53. The van der Waals surface area contributed by atoms with Gasteiger partial charge < -0.3 is 4.57 Å². The maximum Gasteiger partial charge on any atom is 0.0865 e. The van der Waals surface area contributed by atoms with Gasteiger partial charge in [-0.05, 0) is 19.9 Å². The van der Waals surface area contributed by atoms with Crippen LogP contribution in [0.15, 0.2) is 18.5 Å². The van der Waals surface area contributed by atoms with E-state index in [1.807, 2.05) is 17.9 Å². The molecule has 2 aromatic heterocycles. The first-order valence-electron chi connectivity index (χ1n) is 4.18. The third-order valence-electron chi connectivity index (χ3n) is 2.14. The van der Waals surface area contributed by atoms with E-state index in [-0.39, 0.29) is 0 Å². The third kappa shape index (κ3) is 0.858. The Morgan fingerprint density at radius 2 is 2.08 bits per heavy atom. The molecule has 3 heteroatoms. The number of hydrogen-bond acceptors (Lipinski definition) is 1. The number of fused-ring (bicyclic) bond motifs is 1. The number of hydrogen-bond donors (Lipinski definition) is 0. The van der Waals surface area contributed by atoms with E-state index in [9.17, 15) is 0 Å². The van der Waals surface area contributed by atoms with E-state index in [4.69, 9.17) is 0 Å². The van der Waals surface area contributed by atoms with Gasteiger partial charge in [-0.25, -0.2) is 0 Å². The summed E-state index contributed by atoms with van der Waals surface area (Å²) in [6.45, 7) is 4.28. The smallest absolute Gasteiger partial charge is 0.0865 e. The highest BCUT2D eigenvalue weighted by Gasteiger charge is 2.06. The van der Waals surface area contributed by atoms with Crippen molar-refractivity contribution in [3.05, 3.63) is 18.5 Å². The summed E-state index contributed by atoms with van der Waals surface area (Å²) < 4.78 is 4.12. The van der Waals surface area contributed by atoms with Crippen molar-refractivity contribution in [3.8, 4) is 0 Å². The Labute approximate surface area is 71.6 Å². The average molecular weight is 163 g/mol. The minimum atomic E-state index is 0.435. The van der Waals surface area contributed by atoms with Gasteiger partial charge in [0, 0.05) is 19.3 Å². The van der Waals surface area contributed by atoms with Crippen LogP contribution < -0.4 is 0 Å². The number of nitrogens with zero attached hydrogens (tertiary/aromatic N) is 3. The summed E-state index contributed by atoms with van der Waals surface area (Å²) in [4.78, 5) is 0. The molecule has 2 rings (SSSR count). The Balaban J connectivity index is 2.71. The molecule has 0 spiro atoms. The summed E-state index contributed by atoms with van der Waals surface area (Å²) in [5.74, 6) is 0. The van der Waals surface area contributed by atoms with Gasteiger partial charge in [0.15, 0.2) is 0 Å². The minimum absolute atomic E-state index is 0.435. The molecule has 0 fully saturated rings. The molecule has 12 heavy (non-hydrogen) atoms. The number of rotatable bonds is 1. The largest absolute Gasteiger partial charge is 0.348 e. The number of aromatic nitrogens is 3. The van der Waals surface area contributed by atoms with Gasteiger partial charge in [0.25, 0.3) is 0 Å². The molecule has 0 unspecified atom stereocenters. The number of aryl methyl sites for hydroxylation is 1. The van der Waals surface area contributed by atoms with Crippen LogP contribution in [-0.2, 0) is 7.05 Å². The zero-order valence-corrected chi connectivity index (χ0v) is 7.65. The van der Waals surface area contributed by atoms with Crippen LogP contribution in [0.25, 0.3) is 11.0 Å². The van der Waals surface area contributed by atoms with E-state index in [1.165, 1.54) is 11.0 Å². The summed E-state index contributed by atoms with van der Waals surface area (Å²) in [6, 6.07) is 2.53. The van der Waals surface area contributed by atoms with Crippen LogP contribution in [0.1, 0.15) is 19.9 Å². The molecule has 0 saturated heterocycles. The summed E-state index contributed by atoms with van der Waals surface area (Å²) in [7, 11) is 2.04. The van der Waals surface area contributed by atoms with Crippen LogP contribution in [0.5, 0.6) is 0 Å². The van der Waals surface area contributed by atoms with Gasteiger partial charge in [-0.1, -0.05) is 0 Å². The second-order valence-corrected chi connectivity index (χ2v) is 3.38. The Hall–Kier alpha value is -1.25. The zero-order chi connectivity index (χ0) is 8.72. The maximum atomic E-state index is 4.31. The van der Waals surface area contributed by atoms with Crippen molar-refractivity contribution in [2.45, 2.75) is 19.9 Å². The summed E-state index contributed by atoms with van der Waals surface area (Å²) in [5.41, 5.74) is 2.41. The molecule has 2 aromatic rings. The highest BCUT2D eigenvalue weighted by atomic mass is 15.3. The van der Waals surface area contributed by atoms with Gasteiger partial charge in [0.05, 0.1) is 17.2 Å². The summed E-state index contributed by atoms with van der Waals surface area (Å²) in [5, 5.41) is 4.31. The SMILES string of the molecule is CC(C)n1ncc2c1ccn2C. The molecule has 64 valence electrons. The van der Waals surface area contributed by atoms with Crippen LogP contribution in [-0.4, -0.2) is 14.3 Å². The van der Waals surface area contributed by atoms with Crippen molar-refractivity contribution in [2.75, 3.05) is 0 Å². The van der Waals surface area contributed by atoms with E-state index in [2.05, 4.69) is 35.8 Å². The molecule has 0 aliphatic carbocycles. The highest BCUT2D eigenvalue weighted by molar-refractivity contribution is 5.75. The standard InChI is InChI=1S/C9H13N3/c1-7(2)12-8-4-5-11(3)9(8)6-10-12/h4-7H,1-3H3. The van der Waals surface area contributed by atoms with Crippen LogP contribution in [0.2, 0.25) is 0 Å². The van der Waals surface area contributed by atoms with Gasteiger partial charge in [-0.15, -0.1) is 0 Å². The van der Waals surface area contributed by atoms with Gasteiger partial charge >= 0.3 is 0 Å². The maximum absolute atomic E-state index is 4.31. The predicted octanol–water partition coefficient (Wildman–Crippen LogP) is 1.96. The Bertz CT molecular complexity index is 395. The van der Waals surface area contributed by atoms with Crippen molar-refractivity contribution in [2.24, 2.45) is 7.05 Å². The monoisotopic (exact) mass is 163 g/mol. The summed E-state index contributed by atoms with van der Waals surface area (Å²) in [6.07, 6.45) is 3.97. The van der Waals surface area contributed by atoms with Crippen molar-refractivity contribution < 1.29 is 0 Å². The van der Waals surface area contributed by atoms with Gasteiger partial charge in [0.2, 0.25) is 0 Å². The molecule has 2 heterocycles. The fourth-order valence-corrected chi connectivity index (χ4v) is 1.47. The van der Waals surface area contributed by atoms with Crippen molar-refractivity contribution in [1.29, 1.82) is 0 Å². The minimum Gasteiger partial charge on any atom is -0.348 e. The molecule has 0 aromatic carbocycles. The lowest BCUT2D eigenvalue weighted by atomic mass is 10.4. The molecular weight excluding hydrogens is 150 g/mol. The fourth-order valence-electron chi connectivity index (χ4n) is 1.47. The molecule has 0 atom stereocenters. The predicted molar refractivity (Wildman–Crippen MR) is 49.1 cm³/mol. The first-order valence-corrected chi connectivity index (χ1v) is 4.18. The molecule has 0 amide bonds. The molecule has 0 N–H and O–H groups in total. The van der Waals surface area contributed by atoms with Gasteiger partial charge in [0.1, 0.15) is 0 Å². The topological polar surface area (TPSA) is 22.8 Å². The van der Waals surface area contributed by atoms with Crippen molar-refractivity contribution in [3.63, 3.8) is 0 Å². The van der Waals surface area contributed by atoms with E-state index in [1.54, 1.807) is 0 Å². The van der Waals surface area contributed by atoms with E-state index in [0.717, 1.165) is 0 Å². The zero-order valence-electron chi connectivity index (χ0n) is 7.65. The second-order valence-electron chi connectivity index (χ2n) is 3.38. The first-order chi connectivity index (χ1) is 5.70. The third-order valence-corrected chi connectivity index (χ3v) is 2.14. The first kappa shape index (κ1) is 7.40. The second kappa shape index (κ2) is 2.37. The van der Waals surface area contributed by atoms with Crippen molar-refractivity contribution >= 4 is 11.0 Å². The molecule has 0 saturated carbocycles. The summed E-state index contributed by atoms with van der Waals surface area (Å²) >= 11 is 0. The quantitative estimate of drug-likeness (QED) is 0.630. The lowest BCUT2D eigenvalue weighted by Gasteiger charge is -2.04. The molecule has 0 aliphatic heterocycles. The van der Waals surface area contributed by atoms with Crippen molar-refractivity contribution in [1.82, 2.24) is 14.3 Å². The van der Waals surface area contributed by atoms with E-state index in [0.29, 0.717) is 6.04 Å². The van der Waals surface area contributed by atoms with Crippen LogP contribution in [0.4, 0.5) is 0 Å².